The Morgan fingerprint density at radius 2 is 2.00 bits per heavy atom. The number of hydrogen-bond donors (Lipinski definition) is 0. The van der Waals surface area contributed by atoms with Gasteiger partial charge in [-0.2, -0.15) is 4.98 Å². The van der Waals surface area contributed by atoms with Gasteiger partial charge in [-0.05, 0) is 31.2 Å². The zero-order chi connectivity index (χ0) is 18.8. The maximum atomic E-state index is 13.8. The molecule has 1 aliphatic rings. The van der Waals surface area contributed by atoms with Gasteiger partial charge in [0.1, 0.15) is 17.7 Å². The van der Waals surface area contributed by atoms with Gasteiger partial charge in [-0.15, -0.1) is 0 Å². The number of aromatic nitrogens is 3. The third-order valence-electron chi connectivity index (χ3n) is 4.47. The normalized spacial score (nSPS) is 15.1. The predicted octanol–water partition coefficient (Wildman–Crippen LogP) is 3.77. The number of anilines is 1. The van der Waals surface area contributed by atoms with Crippen LogP contribution in [0.2, 0.25) is 0 Å². The molecule has 0 aliphatic carbocycles. The van der Waals surface area contributed by atoms with Crippen LogP contribution in [0, 0.1) is 18.6 Å². The number of ether oxygens (including phenoxy) is 1. The summed E-state index contributed by atoms with van der Waals surface area (Å²) in [6.07, 6.45) is 2.96. The first kappa shape index (κ1) is 17.4. The second-order valence-electron chi connectivity index (χ2n) is 6.40. The van der Waals surface area contributed by atoms with Crippen molar-refractivity contribution >= 4 is 5.82 Å². The third kappa shape index (κ3) is 3.74. The van der Waals surface area contributed by atoms with Crippen LogP contribution in [-0.2, 0) is 0 Å². The Morgan fingerprint density at radius 3 is 2.70 bits per heavy atom. The topological polar surface area (TPSA) is 64.3 Å². The molecule has 0 bridgehead atoms. The molecule has 0 spiro atoms. The lowest BCUT2D eigenvalue weighted by molar-refractivity contribution is 0.163. The molecule has 2 aromatic heterocycles. The monoisotopic (exact) mass is 372 g/mol. The van der Waals surface area contributed by atoms with Crippen LogP contribution >= 0.6 is 0 Å². The van der Waals surface area contributed by atoms with Crippen LogP contribution < -0.4 is 9.64 Å². The fourth-order valence-corrected chi connectivity index (χ4v) is 3.16. The lowest BCUT2D eigenvalue weighted by Crippen LogP contribution is -2.39. The average molecular weight is 372 g/mol. The predicted molar refractivity (Wildman–Crippen MR) is 94.5 cm³/mol. The Bertz CT molecular complexity index is 939. The Hall–Kier alpha value is -3.03. The van der Waals surface area contributed by atoms with Crippen molar-refractivity contribution < 1.29 is 18.0 Å². The highest BCUT2D eigenvalue weighted by atomic mass is 19.1. The molecule has 6 nitrogen and oxygen atoms in total. The van der Waals surface area contributed by atoms with E-state index in [1.54, 1.807) is 13.1 Å². The fraction of sp³-hybridized carbons (Fsp3) is 0.316. The first-order valence-corrected chi connectivity index (χ1v) is 8.72. The molecular weight excluding hydrogens is 354 g/mol. The molecule has 8 heteroatoms. The highest BCUT2D eigenvalue weighted by Crippen LogP contribution is 2.30. The van der Waals surface area contributed by atoms with Crippen molar-refractivity contribution in [2.24, 2.45) is 0 Å². The summed E-state index contributed by atoms with van der Waals surface area (Å²) in [6.45, 7) is 3.13. The lowest BCUT2D eigenvalue weighted by Gasteiger charge is -2.33. The molecule has 1 saturated heterocycles. The molecule has 1 fully saturated rings. The van der Waals surface area contributed by atoms with E-state index in [0.717, 1.165) is 17.4 Å². The van der Waals surface area contributed by atoms with Crippen LogP contribution in [0.4, 0.5) is 14.6 Å². The van der Waals surface area contributed by atoms with E-state index in [1.165, 1.54) is 12.1 Å². The van der Waals surface area contributed by atoms with Crippen molar-refractivity contribution in [2.45, 2.75) is 25.9 Å². The Morgan fingerprint density at radius 1 is 1.19 bits per heavy atom. The summed E-state index contributed by atoms with van der Waals surface area (Å²) in [5.41, 5.74) is 0.780. The van der Waals surface area contributed by atoms with Gasteiger partial charge in [-0.25, -0.2) is 13.8 Å². The van der Waals surface area contributed by atoms with E-state index >= 15 is 0 Å². The van der Waals surface area contributed by atoms with E-state index in [9.17, 15) is 8.78 Å². The summed E-state index contributed by atoms with van der Waals surface area (Å²) in [5, 5.41) is 3.84. The number of piperidine rings is 1. The number of aryl methyl sites for hydroxylation is 1. The number of halogens is 2. The lowest BCUT2D eigenvalue weighted by atomic mass is 10.1. The highest BCUT2D eigenvalue weighted by Gasteiger charge is 2.25. The summed E-state index contributed by atoms with van der Waals surface area (Å²) < 4.78 is 37.8. The molecule has 0 atom stereocenters. The summed E-state index contributed by atoms with van der Waals surface area (Å²) in [6, 6.07) is 7.07. The minimum absolute atomic E-state index is 0.0784. The second kappa shape index (κ2) is 7.30. The smallest absolute Gasteiger partial charge is 0.261 e. The van der Waals surface area contributed by atoms with Gasteiger partial charge in [0.2, 0.25) is 0 Å². The van der Waals surface area contributed by atoms with Gasteiger partial charge in [0.05, 0.1) is 5.56 Å². The molecular formula is C19H18F2N4O2. The second-order valence-corrected chi connectivity index (χ2v) is 6.40. The number of rotatable bonds is 4. The fourth-order valence-electron chi connectivity index (χ4n) is 3.16. The van der Waals surface area contributed by atoms with Crippen molar-refractivity contribution in [1.29, 1.82) is 0 Å². The van der Waals surface area contributed by atoms with E-state index in [1.807, 2.05) is 12.1 Å². The van der Waals surface area contributed by atoms with Crippen molar-refractivity contribution in [3.8, 4) is 17.2 Å². The van der Waals surface area contributed by atoms with Crippen molar-refractivity contribution in [2.75, 3.05) is 18.0 Å². The molecule has 0 saturated carbocycles. The number of pyridine rings is 1. The summed E-state index contributed by atoms with van der Waals surface area (Å²) >= 11 is 0. The minimum Gasteiger partial charge on any atom is -0.487 e. The molecule has 0 amide bonds. The van der Waals surface area contributed by atoms with Gasteiger partial charge in [0.25, 0.3) is 5.89 Å². The van der Waals surface area contributed by atoms with Crippen molar-refractivity contribution in [3.05, 3.63) is 54.0 Å². The average Bonchev–Trinajstić information content (AvgIpc) is 3.11. The van der Waals surface area contributed by atoms with Crippen molar-refractivity contribution in [3.63, 3.8) is 0 Å². The van der Waals surface area contributed by atoms with Crippen LogP contribution in [0.15, 0.2) is 41.1 Å². The highest BCUT2D eigenvalue weighted by molar-refractivity contribution is 5.69. The van der Waals surface area contributed by atoms with Crippen LogP contribution in [0.1, 0.15) is 18.7 Å². The zero-order valence-electron chi connectivity index (χ0n) is 14.7. The molecule has 1 aromatic carbocycles. The van der Waals surface area contributed by atoms with Crippen LogP contribution in [-0.4, -0.2) is 34.3 Å². The van der Waals surface area contributed by atoms with Gasteiger partial charge < -0.3 is 14.2 Å². The number of hydrogen-bond acceptors (Lipinski definition) is 6. The Labute approximate surface area is 154 Å². The summed E-state index contributed by atoms with van der Waals surface area (Å²) in [4.78, 5) is 10.9. The first-order valence-electron chi connectivity index (χ1n) is 8.72. The molecule has 140 valence electrons. The van der Waals surface area contributed by atoms with E-state index in [0.29, 0.717) is 37.6 Å². The quantitative estimate of drug-likeness (QED) is 0.695. The van der Waals surface area contributed by atoms with Gasteiger partial charge in [-0.3, -0.25) is 0 Å². The Kier molecular flexibility index (Phi) is 4.70. The Balaban J connectivity index is 1.45. The maximum absolute atomic E-state index is 13.8. The third-order valence-corrected chi connectivity index (χ3v) is 4.47. The largest absolute Gasteiger partial charge is 0.487 e. The summed E-state index contributed by atoms with van der Waals surface area (Å²) in [7, 11) is 0. The molecule has 1 aliphatic heterocycles. The van der Waals surface area contributed by atoms with E-state index in [-0.39, 0.29) is 11.9 Å². The molecule has 27 heavy (non-hydrogen) atoms. The van der Waals surface area contributed by atoms with E-state index < -0.39 is 11.6 Å². The molecule has 3 heterocycles. The maximum Gasteiger partial charge on any atom is 0.261 e. The van der Waals surface area contributed by atoms with Crippen LogP contribution in [0.3, 0.4) is 0 Å². The SMILES string of the molecule is Cc1noc(-c2cccnc2N2CCC(Oc3ccc(F)cc3F)CC2)n1. The van der Waals surface area contributed by atoms with Gasteiger partial charge in [0.15, 0.2) is 17.4 Å². The molecule has 0 unspecified atom stereocenters. The molecule has 0 radical (unpaired) electrons. The van der Waals surface area contributed by atoms with Gasteiger partial charge in [-0.1, -0.05) is 5.16 Å². The zero-order valence-corrected chi connectivity index (χ0v) is 14.7. The summed E-state index contributed by atoms with van der Waals surface area (Å²) in [5.74, 6) is 0.544. The first-order chi connectivity index (χ1) is 13.1. The minimum atomic E-state index is -0.684. The molecule has 0 N–H and O–H groups in total. The van der Waals surface area contributed by atoms with E-state index in [2.05, 4.69) is 20.0 Å². The number of nitrogens with zero attached hydrogens (tertiary/aromatic N) is 4. The van der Waals surface area contributed by atoms with Crippen LogP contribution in [0.25, 0.3) is 11.5 Å². The van der Waals surface area contributed by atoms with Crippen molar-refractivity contribution in [1.82, 2.24) is 15.1 Å². The van der Waals surface area contributed by atoms with Gasteiger partial charge >= 0.3 is 0 Å². The molecule has 4 rings (SSSR count). The van der Waals surface area contributed by atoms with E-state index in [4.69, 9.17) is 9.26 Å². The molecule has 3 aromatic rings. The standard InChI is InChI=1S/C19H18F2N4O2/c1-12-23-19(27-24-12)15-3-2-8-22-18(15)25-9-6-14(7-10-25)26-17-5-4-13(20)11-16(17)21/h2-5,8,11,14H,6-7,9-10H2,1H3. The van der Waals surface area contributed by atoms with Gasteiger partial charge in [0, 0.05) is 38.2 Å². The van der Waals surface area contributed by atoms with Crippen LogP contribution in [0.5, 0.6) is 5.75 Å². The number of benzene rings is 1.